The molecule has 2 atom stereocenters. The van der Waals surface area contributed by atoms with Gasteiger partial charge in [-0.1, -0.05) is 6.08 Å². The van der Waals surface area contributed by atoms with Crippen LogP contribution in [0.1, 0.15) is 40.5 Å². The van der Waals surface area contributed by atoms with Gasteiger partial charge in [0.15, 0.2) is 0 Å². The topological polar surface area (TPSA) is 66.8 Å². The molecule has 1 fully saturated rings. The second kappa shape index (κ2) is 5.23. The monoisotopic (exact) mass is 269 g/mol. The van der Waals surface area contributed by atoms with Crippen molar-refractivity contribution in [2.45, 2.75) is 51.7 Å². The summed E-state index contributed by atoms with van der Waals surface area (Å²) in [5.74, 6) is -1.30. The molecule has 1 heterocycles. The number of hydrogen-bond donors (Lipinski definition) is 1. The van der Waals surface area contributed by atoms with E-state index < -0.39 is 23.2 Å². The van der Waals surface area contributed by atoms with Gasteiger partial charge < -0.3 is 9.84 Å². The summed E-state index contributed by atoms with van der Waals surface area (Å²) in [5.41, 5.74) is -1.93. The summed E-state index contributed by atoms with van der Waals surface area (Å²) in [6.07, 6.45) is 2.50. The first kappa shape index (κ1) is 15.5. The van der Waals surface area contributed by atoms with Crippen LogP contribution in [0.5, 0.6) is 0 Å². The van der Waals surface area contributed by atoms with Crippen LogP contribution in [0.15, 0.2) is 12.7 Å². The molecule has 19 heavy (non-hydrogen) atoms. The quantitative estimate of drug-likeness (QED) is 0.783. The lowest BCUT2D eigenvalue weighted by Gasteiger charge is -2.45. The van der Waals surface area contributed by atoms with Crippen LogP contribution in [-0.2, 0) is 9.53 Å². The number of ether oxygens (including phenoxy) is 1. The zero-order valence-corrected chi connectivity index (χ0v) is 12.1. The first-order valence-electron chi connectivity index (χ1n) is 6.49. The molecule has 0 saturated carbocycles. The highest BCUT2D eigenvalue weighted by Crippen LogP contribution is 2.35. The third kappa shape index (κ3) is 3.08. The van der Waals surface area contributed by atoms with Crippen molar-refractivity contribution >= 4 is 12.1 Å². The van der Waals surface area contributed by atoms with Gasteiger partial charge in [0, 0.05) is 12.5 Å². The summed E-state index contributed by atoms with van der Waals surface area (Å²) in [7, 11) is 0. The van der Waals surface area contributed by atoms with Crippen LogP contribution in [0.2, 0.25) is 0 Å². The minimum absolute atomic E-state index is 0.272. The summed E-state index contributed by atoms with van der Waals surface area (Å²) < 4.78 is 5.30. The van der Waals surface area contributed by atoms with Crippen LogP contribution >= 0.6 is 0 Å². The fourth-order valence-corrected chi connectivity index (χ4v) is 2.40. The highest BCUT2D eigenvalue weighted by molar-refractivity contribution is 5.85. The molecule has 1 rings (SSSR count). The van der Waals surface area contributed by atoms with E-state index >= 15 is 0 Å². The molecule has 0 radical (unpaired) electrons. The normalized spacial score (nSPS) is 27.8. The molecule has 0 aromatic rings. The predicted octanol–water partition coefficient (Wildman–Crippen LogP) is 2.66. The zero-order chi connectivity index (χ0) is 14.8. The number of rotatable bonds is 2. The first-order chi connectivity index (χ1) is 8.63. The van der Waals surface area contributed by atoms with E-state index in [0.29, 0.717) is 13.0 Å². The molecule has 0 aliphatic carbocycles. The smallest absolute Gasteiger partial charge is 0.411 e. The van der Waals surface area contributed by atoms with Crippen molar-refractivity contribution in [3.05, 3.63) is 12.7 Å². The Labute approximate surface area is 114 Å². The van der Waals surface area contributed by atoms with Crippen LogP contribution in [0.3, 0.4) is 0 Å². The van der Waals surface area contributed by atoms with E-state index in [-0.39, 0.29) is 5.92 Å². The highest BCUT2D eigenvalue weighted by Gasteiger charge is 2.50. The molecular weight excluding hydrogens is 246 g/mol. The molecule has 0 aromatic carbocycles. The molecule has 0 aromatic heterocycles. The fraction of sp³-hybridized carbons (Fsp3) is 0.714. The molecule has 2 unspecified atom stereocenters. The van der Waals surface area contributed by atoms with Crippen LogP contribution in [0, 0.1) is 5.92 Å². The lowest BCUT2D eigenvalue weighted by Crippen LogP contribution is -2.62. The summed E-state index contributed by atoms with van der Waals surface area (Å²) in [6.45, 7) is 10.9. The van der Waals surface area contributed by atoms with Crippen LogP contribution in [0.4, 0.5) is 4.79 Å². The Morgan fingerprint density at radius 2 is 2.05 bits per heavy atom. The van der Waals surface area contributed by atoms with Crippen molar-refractivity contribution < 1.29 is 19.4 Å². The summed E-state index contributed by atoms with van der Waals surface area (Å²) in [5, 5.41) is 9.52. The van der Waals surface area contributed by atoms with E-state index in [1.807, 2.05) is 0 Å². The van der Waals surface area contributed by atoms with Gasteiger partial charge in [0.2, 0.25) is 0 Å². The van der Waals surface area contributed by atoms with Gasteiger partial charge in [-0.25, -0.2) is 9.59 Å². The van der Waals surface area contributed by atoms with Crippen molar-refractivity contribution in [3.8, 4) is 0 Å². The average Bonchev–Trinajstić information content (AvgIpc) is 2.26. The zero-order valence-electron chi connectivity index (χ0n) is 12.1. The third-order valence-corrected chi connectivity index (χ3v) is 3.51. The molecule has 1 aliphatic heterocycles. The van der Waals surface area contributed by atoms with Crippen LogP contribution in [0.25, 0.3) is 0 Å². The first-order valence-corrected chi connectivity index (χ1v) is 6.49. The fourth-order valence-electron chi connectivity index (χ4n) is 2.40. The molecule has 1 saturated heterocycles. The van der Waals surface area contributed by atoms with Crippen molar-refractivity contribution in [1.29, 1.82) is 0 Å². The Balaban J connectivity index is 3.05. The Hall–Kier alpha value is -1.52. The van der Waals surface area contributed by atoms with E-state index in [1.165, 1.54) is 4.90 Å². The van der Waals surface area contributed by atoms with E-state index in [1.54, 1.807) is 33.8 Å². The maximum atomic E-state index is 12.2. The maximum Gasteiger partial charge on any atom is 0.411 e. The molecular formula is C14H23NO4. The number of likely N-dealkylation sites (tertiary alicyclic amines) is 1. The molecule has 0 bridgehead atoms. The summed E-state index contributed by atoms with van der Waals surface area (Å²) in [4.78, 5) is 25.1. The van der Waals surface area contributed by atoms with Gasteiger partial charge in [0.1, 0.15) is 11.1 Å². The van der Waals surface area contributed by atoms with E-state index in [9.17, 15) is 14.7 Å². The number of hydrogen-bond acceptors (Lipinski definition) is 3. The van der Waals surface area contributed by atoms with Gasteiger partial charge in [-0.15, -0.1) is 6.58 Å². The third-order valence-electron chi connectivity index (χ3n) is 3.51. The number of aliphatic carboxylic acids is 1. The molecule has 5 nitrogen and oxygen atoms in total. The molecule has 0 spiro atoms. The Morgan fingerprint density at radius 1 is 1.47 bits per heavy atom. The standard InChI is InChI=1S/C14H23NO4/c1-6-10-8-7-9-15(14(10,5)11(16)17)12(18)19-13(2,3)4/h6,10H,1,7-9H2,2-5H3,(H,16,17). The van der Waals surface area contributed by atoms with Gasteiger partial charge in [-0.3, -0.25) is 4.90 Å². The summed E-state index contributed by atoms with van der Waals surface area (Å²) >= 11 is 0. The van der Waals surface area contributed by atoms with E-state index in [2.05, 4.69) is 6.58 Å². The SMILES string of the molecule is C=CC1CCCN(C(=O)OC(C)(C)C)C1(C)C(=O)O. The number of carboxylic acids is 1. The number of nitrogens with zero attached hydrogens (tertiary/aromatic N) is 1. The van der Waals surface area contributed by atoms with Crippen LogP contribution in [-0.4, -0.2) is 39.8 Å². The number of piperidine rings is 1. The lowest BCUT2D eigenvalue weighted by molar-refractivity contribution is -0.155. The van der Waals surface area contributed by atoms with Gasteiger partial charge in [-0.05, 0) is 40.5 Å². The number of carbonyl (C=O) groups excluding carboxylic acids is 1. The Kier molecular flexibility index (Phi) is 4.28. The lowest BCUT2D eigenvalue weighted by atomic mass is 9.78. The molecule has 1 amide bonds. The molecule has 1 N–H and O–H groups in total. The van der Waals surface area contributed by atoms with Crippen molar-refractivity contribution in [2.24, 2.45) is 5.92 Å². The van der Waals surface area contributed by atoms with Gasteiger partial charge in [0.25, 0.3) is 0 Å². The van der Waals surface area contributed by atoms with Crippen molar-refractivity contribution in [1.82, 2.24) is 4.90 Å². The second-order valence-electron chi connectivity index (χ2n) is 6.07. The van der Waals surface area contributed by atoms with Gasteiger partial charge in [0.05, 0.1) is 0 Å². The number of carboxylic acid groups (broad SMARTS) is 1. The Bertz CT molecular complexity index is 385. The minimum Gasteiger partial charge on any atom is -0.479 e. The minimum atomic E-state index is -1.29. The van der Waals surface area contributed by atoms with Gasteiger partial charge >= 0.3 is 12.1 Å². The largest absolute Gasteiger partial charge is 0.479 e. The number of carbonyl (C=O) groups is 2. The highest BCUT2D eigenvalue weighted by atomic mass is 16.6. The number of amides is 1. The summed E-state index contributed by atoms with van der Waals surface area (Å²) in [6, 6.07) is 0. The molecule has 108 valence electrons. The van der Waals surface area contributed by atoms with Crippen molar-refractivity contribution in [3.63, 3.8) is 0 Å². The van der Waals surface area contributed by atoms with Crippen molar-refractivity contribution in [2.75, 3.05) is 6.54 Å². The Morgan fingerprint density at radius 3 is 2.47 bits per heavy atom. The average molecular weight is 269 g/mol. The van der Waals surface area contributed by atoms with E-state index in [0.717, 1.165) is 6.42 Å². The van der Waals surface area contributed by atoms with Gasteiger partial charge in [-0.2, -0.15) is 0 Å². The van der Waals surface area contributed by atoms with E-state index in [4.69, 9.17) is 4.74 Å². The molecule has 1 aliphatic rings. The van der Waals surface area contributed by atoms with Crippen LogP contribution < -0.4 is 0 Å². The predicted molar refractivity (Wildman–Crippen MR) is 71.9 cm³/mol. The molecule has 5 heteroatoms. The second-order valence-corrected chi connectivity index (χ2v) is 6.07. The maximum absolute atomic E-state index is 12.2.